The first kappa shape index (κ1) is 14.4. The van der Waals surface area contributed by atoms with Crippen LogP contribution in [0.3, 0.4) is 0 Å². The van der Waals surface area contributed by atoms with Crippen molar-refractivity contribution in [1.29, 1.82) is 0 Å². The van der Waals surface area contributed by atoms with Crippen LogP contribution in [0, 0.1) is 5.92 Å². The van der Waals surface area contributed by atoms with E-state index in [2.05, 4.69) is 31.2 Å². The van der Waals surface area contributed by atoms with Crippen molar-refractivity contribution in [3.63, 3.8) is 0 Å². The molecule has 21 heavy (non-hydrogen) atoms. The molecule has 1 aliphatic rings. The molecule has 1 saturated heterocycles. The topological polar surface area (TPSA) is 26.3 Å². The van der Waals surface area contributed by atoms with Gasteiger partial charge in [-0.05, 0) is 0 Å². The van der Waals surface area contributed by atoms with Crippen molar-refractivity contribution in [3.8, 4) is 0 Å². The summed E-state index contributed by atoms with van der Waals surface area (Å²) in [5.41, 5.74) is 1.21. The summed E-state index contributed by atoms with van der Waals surface area (Å²) in [6.45, 7) is 2.68. The van der Waals surface area contributed by atoms with Gasteiger partial charge >= 0.3 is 131 Å². The van der Waals surface area contributed by atoms with Gasteiger partial charge in [-0.2, -0.15) is 0 Å². The number of hydrogen-bond acceptors (Lipinski definition) is 2. The van der Waals surface area contributed by atoms with E-state index in [-0.39, 0.29) is 31.2 Å². The Bertz CT molecular complexity index is 568. The van der Waals surface area contributed by atoms with Crippen molar-refractivity contribution in [2.24, 2.45) is 5.92 Å². The second kappa shape index (κ2) is 6.05. The summed E-state index contributed by atoms with van der Waals surface area (Å²) in [7, 11) is 0. The van der Waals surface area contributed by atoms with Crippen LogP contribution in [0.4, 0.5) is 0 Å². The van der Waals surface area contributed by atoms with Gasteiger partial charge in [-0.1, -0.05) is 0 Å². The summed E-state index contributed by atoms with van der Waals surface area (Å²) in [6.07, 6.45) is 0.767. The summed E-state index contributed by atoms with van der Waals surface area (Å²) in [5, 5.41) is 0. The average molecular weight is 345 g/mol. The van der Waals surface area contributed by atoms with Crippen molar-refractivity contribution < 1.29 is 9.53 Å². The standard InChI is InChI=1S/C18H18O2Se/c1-14-13-20-17(19)18(14,12-15-8-4-2-5-9-15)21-16-10-6-3-7-11-16/h2-11,14H,12-13H2,1H3/t14-,18-/m0/s1. The molecule has 2 atom stereocenters. The Morgan fingerprint density at radius 1 is 1.10 bits per heavy atom. The van der Waals surface area contributed by atoms with Gasteiger partial charge in [-0.25, -0.2) is 0 Å². The minimum atomic E-state index is -0.379. The fourth-order valence-corrected chi connectivity index (χ4v) is 5.54. The molecule has 0 amide bonds. The molecule has 2 aromatic carbocycles. The predicted molar refractivity (Wildman–Crippen MR) is 84.8 cm³/mol. The van der Waals surface area contributed by atoms with Crippen LogP contribution < -0.4 is 4.46 Å². The molecular formula is C18H18O2Se. The number of ether oxygens (including phenoxy) is 1. The Hall–Kier alpha value is -1.57. The molecule has 0 aromatic heterocycles. The average Bonchev–Trinajstić information content (AvgIpc) is 2.78. The first-order chi connectivity index (χ1) is 10.2. The van der Waals surface area contributed by atoms with E-state index in [9.17, 15) is 4.79 Å². The maximum absolute atomic E-state index is 12.5. The molecule has 0 N–H and O–H groups in total. The van der Waals surface area contributed by atoms with E-state index < -0.39 is 0 Å². The molecule has 0 spiro atoms. The summed E-state index contributed by atoms with van der Waals surface area (Å²) >= 11 is 0.0666. The van der Waals surface area contributed by atoms with E-state index in [1.165, 1.54) is 10.0 Å². The molecule has 1 aliphatic heterocycles. The number of carbonyl (C=O) groups is 1. The van der Waals surface area contributed by atoms with Gasteiger partial charge in [0.15, 0.2) is 0 Å². The zero-order valence-corrected chi connectivity index (χ0v) is 13.7. The number of esters is 1. The molecule has 0 saturated carbocycles. The van der Waals surface area contributed by atoms with Gasteiger partial charge < -0.3 is 0 Å². The van der Waals surface area contributed by atoms with Gasteiger partial charge in [0.25, 0.3) is 0 Å². The quantitative estimate of drug-likeness (QED) is 0.629. The summed E-state index contributed by atoms with van der Waals surface area (Å²) in [5.74, 6) is 0.230. The summed E-state index contributed by atoms with van der Waals surface area (Å²) < 4.78 is 6.28. The van der Waals surface area contributed by atoms with E-state index in [1.807, 2.05) is 36.4 Å². The zero-order valence-electron chi connectivity index (χ0n) is 12.0. The van der Waals surface area contributed by atoms with Gasteiger partial charge in [-0.3, -0.25) is 0 Å². The number of carbonyl (C=O) groups excluding carboxylic acids is 1. The number of hydrogen-bond donors (Lipinski definition) is 0. The normalized spacial score (nSPS) is 24.8. The fourth-order valence-electron chi connectivity index (χ4n) is 2.68. The third-order valence-corrected chi connectivity index (χ3v) is 7.29. The molecule has 3 heteroatoms. The van der Waals surface area contributed by atoms with Crippen LogP contribution in [0.25, 0.3) is 0 Å². The van der Waals surface area contributed by atoms with Crippen molar-refractivity contribution in [2.45, 2.75) is 17.7 Å². The van der Waals surface area contributed by atoms with Crippen LogP contribution in [-0.4, -0.2) is 27.5 Å². The number of rotatable bonds is 4. The summed E-state index contributed by atoms with van der Waals surface area (Å²) in [6, 6.07) is 20.6. The van der Waals surface area contributed by atoms with Gasteiger partial charge in [0.1, 0.15) is 0 Å². The van der Waals surface area contributed by atoms with Crippen LogP contribution in [0.2, 0.25) is 4.31 Å². The van der Waals surface area contributed by atoms with Crippen molar-refractivity contribution in [3.05, 3.63) is 66.2 Å². The Morgan fingerprint density at radius 2 is 1.71 bits per heavy atom. The fraction of sp³-hybridized carbons (Fsp3) is 0.278. The number of cyclic esters (lactones) is 1. The molecule has 2 aromatic rings. The third-order valence-electron chi connectivity index (χ3n) is 3.96. The Labute approximate surface area is 131 Å². The van der Waals surface area contributed by atoms with Crippen LogP contribution in [0.5, 0.6) is 0 Å². The predicted octanol–water partition coefficient (Wildman–Crippen LogP) is 2.61. The monoisotopic (exact) mass is 346 g/mol. The van der Waals surface area contributed by atoms with E-state index in [4.69, 9.17) is 4.74 Å². The van der Waals surface area contributed by atoms with Crippen LogP contribution in [-0.2, 0) is 16.0 Å². The SMILES string of the molecule is C[C@H]1COC(=O)[C@@]1(Cc1ccccc1)[Se]c1ccccc1. The van der Waals surface area contributed by atoms with Crippen molar-refractivity contribution in [1.82, 2.24) is 0 Å². The van der Waals surface area contributed by atoms with E-state index >= 15 is 0 Å². The van der Waals surface area contributed by atoms with E-state index in [0.717, 1.165) is 6.42 Å². The second-order valence-corrected chi connectivity index (χ2v) is 8.41. The molecule has 0 aliphatic carbocycles. The van der Waals surface area contributed by atoms with E-state index in [0.29, 0.717) is 6.61 Å². The molecule has 108 valence electrons. The number of benzene rings is 2. The Balaban J connectivity index is 1.94. The molecule has 0 bridgehead atoms. The second-order valence-electron chi connectivity index (χ2n) is 5.47. The minimum absolute atomic E-state index is 0.0253. The first-order valence-corrected chi connectivity index (χ1v) is 8.87. The Morgan fingerprint density at radius 3 is 2.29 bits per heavy atom. The van der Waals surface area contributed by atoms with Gasteiger partial charge in [0.05, 0.1) is 0 Å². The molecule has 1 fully saturated rings. The summed E-state index contributed by atoms with van der Waals surface area (Å²) in [4.78, 5) is 12.5. The first-order valence-electron chi connectivity index (χ1n) is 7.16. The van der Waals surface area contributed by atoms with Gasteiger partial charge in [0, 0.05) is 0 Å². The third kappa shape index (κ3) is 2.90. The van der Waals surface area contributed by atoms with Crippen LogP contribution in [0.1, 0.15) is 12.5 Å². The maximum atomic E-state index is 12.5. The van der Waals surface area contributed by atoms with Gasteiger partial charge in [-0.15, -0.1) is 0 Å². The van der Waals surface area contributed by atoms with E-state index in [1.54, 1.807) is 0 Å². The van der Waals surface area contributed by atoms with Crippen molar-refractivity contribution >= 4 is 25.4 Å². The molecule has 2 nitrogen and oxygen atoms in total. The molecule has 1 heterocycles. The molecule has 3 rings (SSSR count). The molecule has 0 unspecified atom stereocenters. The Kier molecular flexibility index (Phi) is 4.14. The molecular weight excluding hydrogens is 327 g/mol. The van der Waals surface area contributed by atoms with Gasteiger partial charge in [0.2, 0.25) is 0 Å². The van der Waals surface area contributed by atoms with Crippen molar-refractivity contribution in [2.75, 3.05) is 6.61 Å². The van der Waals surface area contributed by atoms with Crippen LogP contribution in [0.15, 0.2) is 60.7 Å². The molecule has 0 radical (unpaired) electrons. The van der Waals surface area contributed by atoms with Crippen LogP contribution >= 0.6 is 0 Å². The zero-order chi connectivity index (χ0) is 14.7.